The molecule has 0 saturated heterocycles. The first kappa shape index (κ1) is 9.59. The van der Waals surface area contributed by atoms with E-state index in [1.807, 2.05) is 6.07 Å². The van der Waals surface area contributed by atoms with Crippen LogP contribution >= 0.6 is 0 Å². The van der Waals surface area contributed by atoms with Crippen molar-refractivity contribution in [3.63, 3.8) is 0 Å². The molecule has 3 aromatic heterocycles. The van der Waals surface area contributed by atoms with Crippen molar-refractivity contribution in [3.8, 4) is 17.0 Å². The molecule has 0 saturated carbocycles. The fourth-order valence-electron chi connectivity index (χ4n) is 1.71. The molecule has 0 atom stereocenters. The number of nitrogens with zero attached hydrogens (tertiary/aromatic N) is 3. The molecule has 0 spiro atoms. The van der Waals surface area contributed by atoms with Gasteiger partial charge in [0.15, 0.2) is 0 Å². The van der Waals surface area contributed by atoms with Crippen molar-refractivity contribution in [2.24, 2.45) is 0 Å². The molecule has 0 aliphatic carbocycles. The van der Waals surface area contributed by atoms with Crippen LogP contribution in [0.2, 0.25) is 0 Å². The van der Waals surface area contributed by atoms with Gasteiger partial charge in [0.1, 0.15) is 5.65 Å². The fraction of sp³-hybridized carbons (Fsp3) is 0. The van der Waals surface area contributed by atoms with E-state index in [0.717, 1.165) is 11.6 Å². The van der Waals surface area contributed by atoms with Gasteiger partial charge in [-0.1, -0.05) is 6.07 Å². The highest BCUT2D eigenvalue weighted by molar-refractivity contribution is 5.76. The van der Waals surface area contributed by atoms with E-state index >= 15 is 0 Å². The second-order valence-electron chi connectivity index (χ2n) is 3.55. The second-order valence-corrected chi connectivity index (χ2v) is 3.55. The minimum atomic E-state index is -0.374. The van der Waals surface area contributed by atoms with E-state index in [9.17, 15) is 9.90 Å². The predicted molar refractivity (Wildman–Crippen MR) is 60.7 cm³/mol. The molecule has 6 nitrogen and oxygen atoms in total. The van der Waals surface area contributed by atoms with Crippen molar-refractivity contribution in [2.45, 2.75) is 0 Å². The first-order chi connectivity index (χ1) is 8.25. The van der Waals surface area contributed by atoms with Crippen LogP contribution in [0.25, 0.3) is 16.8 Å². The van der Waals surface area contributed by atoms with E-state index in [-0.39, 0.29) is 11.4 Å². The van der Waals surface area contributed by atoms with Gasteiger partial charge in [0.25, 0.3) is 5.56 Å². The zero-order chi connectivity index (χ0) is 11.8. The lowest BCUT2D eigenvalue weighted by Crippen LogP contribution is -2.07. The largest absolute Gasteiger partial charge is 0.493 e. The summed E-state index contributed by atoms with van der Waals surface area (Å²) >= 11 is 0. The van der Waals surface area contributed by atoms with Crippen LogP contribution in [-0.2, 0) is 0 Å². The van der Waals surface area contributed by atoms with Gasteiger partial charge in [-0.15, -0.1) is 0 Å². The molecule has 17 heavy (non-hydrogen) atoms. The summed E-state index contributed by atoms with van der Waals surface area (Å²) < 4.78 is 1.27. The molecule has 0 aliphatic heterocycles. The summed E-state index contributed by atoms with van der Waals surface area (Å²) in [6.45, 7) is 0. The van der Waals surface area contributed by atoms with Crippen LogP contribution in [0.1, 0.15) is 0 Å². The molecule has 0 radical (unpaired) electrons. The van der Waals surface area contributed by atoms with Gasteiger partial charge < -0.3 is 10.1 Å². The number of pyridine rings is 1. The molecule has 0 fully saturated rings. The zero-order valence-corrected chi connectivity index (χ0v) is 8.66. The Hall–Kier alpha value is -2.63. The maximum atomic E-state index is 11.3. The van der Waals surface area contributed by atoms with Crippen molar-refractivity contribution in [3.05, 3.63) is 47.1 Å². The Bertz CT molecular complexity index is 730. The average molecular weight is 228 g/mol. The lowest BCUT2D eigenvalue weighted by molar-refractivity contribution is 0.434. The topological polar surface area (TPSA) is 83.3 Å². The highest BCUT2D eigenvalue weighted by Crippen LogP contribution is 2.23. The number of H-pyrrole nitrogens is 1. The van der Waals surface area contributed by atoms with Gasteiger partial charge in [-0.05, 0) is 6.07 Å². The molecule has 6 heteroatoms. The Labute approximate surface area is 95.2 Å². The number of hydrogen-bond donors (Lipinski definition) is 2. The lowest BCUT2D eigenvalue weighted by Gasteiger charge is -1.99. The summed E-state index contributed by atoms with van der Waals surface area (Å²) in [5.41, 5.74) is 1.61. The van der Waals surface area contributed by atoms with E-state index in [1.165, 1.54) is 4.52 Å². The molecule has 3 aromatic rings. The van der Waals surface area contributed by atoms with E-state index in [4.69, 9.17) is 0 Å². The van der Waals surface area contributed by atoms with Crippen LogP contribution in [0.15, 0.2) is 41.6 Å². The quantitative estimate of drug-likeness (QED) is 0.645. The third kappa shape index (κ3) is 1.46. The third-order valence-corrected chi connectivity index (χ3v) is 2.46. The summed E-state index contributed by atoms with van der Waals surface area (Å²) in [5.74, 6) is -0.195. The Balaban J connectivity index is 2.36. The number of fused-ring (bicyclic) bond motifs is 1. The molecule has 3 heterocycles. The number of aromatic amines is 1. The lowest BCUT2D eigenvalue weighted by atomic mass is 10.1. The molecule has 0 amide bonds. The van der Waals surface area contributed by atoms with Gasteiger partial charge in [-0.3, -0.25) is 9.78 Å². The molecule has 0 aliphatic rings. The molecule has 0 unspecified atom stereocenters. The van der Waals surface area contributed by atoms with Crippen molar-refractivity contribution in [1.82, 2.24) is 19.6 Å². The van der Waals surface area contributed by atoms with Gasteiger partial charge in [-0.25, -0.2) is 0 Å². The number of rotatable bonds is 1. The monoisotopic (exact) mass is 228 g/mol. The predicted octanol–water partition coefficient (Wildman–Crippen LogP) is 0.790. The molecular weight excluding hydrogens is 220 g/mol. The number of nitrogens with one attached hydrogen (secondary N) is 1. The fourth-order valence-corrected chi connectivity index (χ4v) is 1.71. The van der Waals surface area contributed by atoms with Crippen molar-refractivity contribution < 1.29 is 5.11 Å². The maximum absolute atomic E-state index is 11.3. The summed E-state index contributed by atoms with van der Waals surface area (Å²) in [5, 5.41) is 13.6. The van der Waals surface area contributed by atoms with Crippen LogP contribution in [0.4, 0.5) is 0 Å². The van der Waals surface area contributed by atoms with Crippen molar-refractivity contribution in [1.29, 1.82) is 0 Å². The normalized spacial score (nSPS) is 10.8. The van der Waals surface area contributed by atoms with E-state index in [0.29, 0.717) is 11.2 Å². The van der Waals surface area contributed by atoms with Gasteiger partial charge in [-0.2, -0.15) is 9.61 Å². The summed E-state index contributed by atoms with van der Waals surface area (Å²) in [7, 11) is 0. The van der Waals surface area contributed by atoms with Crippen molar-refractivity contribution in [2.75, 3.05) is 0 Å². The van der Waals surface area contributed by atoms with Crippen LogP contribution in [0, 0.1) is 0 Å². The minimum Gasteiger partial charge on any atom is -0.493 e. The third-order valence-electron chi connectivity index (χ3n) is 2.46. The van der Waals surface area contributed by atoms with Gasteiger partial charge in [0, 0.05) is 23.5 Å². The summed E-state index contributed by atoms with van der Waals surface area (Å²) in [6.07, 6.45) is 4.90. The van der Waals surface area contributed by atoms with E-state index in [2.05, 4.69) is 15.1 Å². The molecule has 3 rings (SSSR count). The standard InChI is InChI=1S/C11H8N4O2/c16-9-4-10(17)15-11(14-9)8(6-13-15)7-2-1-3-12-5-7/h1-6,17H,(H,14,16). The highest BCUT2D eigenvalue weighted by atomic mass is 16.3. The second kappa shape index (κ2) is 3.44. The van der Waals surface area contributed by atoms with Crippen LogP contribution in [0.5, 0.6) is 5.88 Å². The SMILES string of the molecule is O=c1cc(O)n2ncc(-c3cccnc3)c2[nH]1. The van der Waals surface area contributed by atoms with Crippen LogP contribution in [-0.4, -0.2) is 24.7 Å². The Morgan fingerprint density at radius 3 is 3.00 bits per heavy atom. The number of aromatic hydroxyl groups is 1. The molecule has 2 N–H and O–H groups in total. The summed E-state index contributed by atoms with van der Waals surface area (Å²) in [6, 6.07) is 4.72. The Morgan fingerprint density at radius 1 is 1.35 bits per heavy atom. The van der Waals surface area contributed by atoms with E-state index < -0.39 is 0 Å². The Morgan fingerprint density at radius 2 is 2.24 bits per heavy atom. The minimum absolute atomic E-state index is 0.195. The van der Waals surface area contributed by atoms with E-state index in [1.54, 1.807) is 24.7 Å². The molecular formula is C11H8N4O2. The first-order valence-corrected chi connectivity index (χ1v) is 4.96. The Kier molecular flexibility index (Phi) is 1.94. The number of aromatic nitrogens is 4. The molecule has 0 bridgehead atoms. The van der Waals surface area contributed by atoms with Gasteiger partial charge in [0.2, 0.25) is 5.88 Å². The smallest absolute Gasteiger partial charge is 0.254 e. The average Bonchev–Trinajstić information content (AvgIpc) is 2.74. The maximum Gasteiger partial charge on any atom is 0.254 e. The molecule has 0 aromatic carbocycles. The van der Waals surface area contributed by atoms with Crippen molar-refractivity contribution >= 4 is 5.65 Å². The van der Waals surface area contributed by atoms with Gasteiger partial charge >= 0.3 is 0 Å². The highest BCUT2D eigenvalue weighted by Gasteiger charge is 2.10. The van der Waals surface area contributed by atoms with Crippen LogP contribution in [0.3, 0.4) is 0 Å². The van der Waals surface area contributed by atoms with Crippen LogP contribution < -0.4 is 5.56 Å². The number of hydrogen-bond acceptors (Lipinski definition) is 4. The summed E-state index contributed by atoms with van der Waals surface area (Å²) in [4.78, 5) is 17.9. The molecule has 84 valence electrons. The zero-order valence-electron chi connectivity index (χ0n) is 8.66. The van der Waals surface area contributed by atoms with Gasteiger partial charge in [0.05, 0.1) is 12.3 Å². The first-order valence-electron chi connectivity index (χ1n) is 4.96.